The van der Waals surface area contributed by atoms with Crippen molar-refractivity contribution in [2.75, 3.05) is 44.9 Å². The first-order valence-electron chi connectivity index (χ1n) is 13.6. The second kappa shape index (κ2) is 12.1. The number of ether oxygens (including phenoxy) is 1. The van der Waals surface area contributed by atoms with Crippen LogP contribution in [0.1, 0.15) is 44.0 Å². The van der Waals surface area contributed by atoms with E-state index in [1.54, 1.807) is 24.4 Å². The molecule has 214 valence electrons. The van der Waals surface area contributed by atoms with Gasteiger partial charge in [-0.3, -0.25) is 9.69 Å². The molecule has 0 bridgehead atoms. The van der Waals surface area contributed by atoms with Gasteiger partial charge in [0.25, 0.3) is 5.91 Å². The molecule has 1 fully saturated rings. The number of methoxy groups -OCH3 is 1. The third-order valence-corrected chi connectivity index (χ3v) is 7.65. The smallest absolute Gasteiger partial charge is 0.354 e. The first-order chi connectivity index (χ1) is 19.7. The van der Waals surface area contributed by atoms with Gasteiger partial charge in [0.15, 0.2) is 0 Å². The summed E-state index contributed by atoms with van der Waals surface area (Å²) in [5.41, 5.74) is 5.23. The molecule has 2 aromatic carbocycles. The predicted octanol–water partition coefficient (Wildman–Crippen LogP) is 4.80. The van der Waals surface area contributed by atoms with E-state index in [1.165, 1.54) is 13.2 Å². The summed E-state index contributed by atoms with van der Waals surface area (Å²) in [6.07, 6.45) is 2.75. The summed E-state index contributed by atoms with van der Waals surface area (Å²) in [4.78, 5) is 36.5. The van der Waals surface area contributed by atoms with Gasteiger partial charge in [-0.25, -0.2) is 14.2 Å². The average Bonchev–Trinajstić information content (AvgIpc) is 3.61. The predicted molar refractivity (Wildman–Crippen MR) is 158 cm³/mol. The van der Waals surface area contributed by atoms with Crippen molar-refractivity contribution in [2.45, 2.75) is 32.5 Å². The molecule has 0 radical (unpaired) electrons. The Kier molecular flexibility index (Phi) is 8.32. The van der Waals surface area contributed by atoms with E-state index in [1.807, 2.05) is 31.2 Å². The molecular formula is C31H35FN6O3. The molecule has 1 aliphatic heterocycles. The zero-order valence-electron chi connectivity index (χ0n) is 23.8. The Morgan fingerprint density at radius 1 is 1.12 bits per heavy atom. The molecule has 2 aromatic heterocycles. The van der Waals surface area contributed by atoms with Crippen LogP contribution in [0.5, 0.6) is 0 Å². The van der Waals surface area contributed by atoms with Crippen LogP contribution < -0.4 is 10.6 Å². The lowest BCUT2D eigenvalue weighted by molar-refractivity contribution is 0.0595. The summed E-state index contributed by atoms with van der Waals surface area (Å²) in [7, 11) is 5.47. The van der Waals surface area contributed by atoms with Gasteiger partial charge in [-0.1, -0.05) is 12.1 Å². The van der Waals surface area contributed by atoms with Gasteiger partial charge in [0, 0.05) is 54.4 Å². The van der Waals surface area contributed by atoms with Gasteiger partial charge < -0.3 is 25.3 Å². The summed E-state index contributed by atoms with van der Waals surface area (Å²) in [6.45, 7) is 4.86. The minimum Gasteiger partial charge on any atom is -0.464 e. The fourth-order valence-corrected chi connectivity index (χ4v) is 5.11. The molecule has 1 aliphatic rings. The largest absolute Gasteiger partial charge is 0.464 e. The van der Waals surface area contributed by atoms with E-state index < -0.39 is 5.97 Å². The van der Waals surface area contributed by atoms with Gasteiger partial charge >= 0.3 is 5.97 Å². The third-order valence-electron chi connectivity index (χ3n) is 7.65. The molecule has 3 N–H and O–H groups in total. The van der Waals surface area contributed by atoms with Crippen LogP contribution >= 0.6 is 0 Å². The highest BCUT2D eigenvalue weighted by Crippen LogP contribution is 2.22. The number of likely N-dealkylation sites (tertiary alicyclic amines) is 1. The quantitative estimate of drug-likeness (QED) is 0.254. The van der Waals surface area contributed by atoms with Crippen molar-refractivity contribution in [1.29, 1.82) is 0 Å². The molecule has 5 rings (SSSR count). The zero-order valence-corrected chi connectivity index (χ0v) is 23.8. The van der Waals surface area contributed by atoms with E-state index >= 15 is 0 Å². The number of H-pyrrole nitrogens is 1. The number of pyridine rings is 1. The van der Waals surface area contributed by atoms with Gasteiger partial charge in [0.1, 0.15) is 17.2 Å². The van der Waals surface area contributed by atoms with Crippen molar-refractivity contribution in [3.05, 3.63) is 88.5 Å². The molecule has 1 amide bonds. The first-order valence-corrected chi connectivity index (χ1v) is 13.6. The van der Waals surface area contributed by atoms with Crippen LogP contribution in [0.25, 0.3) is 11.0 Å². The number of anilines is 2. The van der Waals surface area contributed by atoms with Crippen LogP contribution in [0.2, 0.25) is 0 Å². The summed E-state index contributed by atoms with van der Waals surface area (Å²) < 4.78 is 19.7. The molecule has 1 unspecified atom stereocenters. The Labute approximate surface area is 238 Å². The number of aryl methyl sites for hydroxylation is 1. The van der Waals surface area contributed by atoms with Crippen LogP contribution in [-0.4, -0.2) is 72.0 Å². The highest BCUT2D eigenvalue weighted by atomic mass is 19.1. The summed E-state index contributed by atoms with van der Waals surface area (Å²) in [5.74, 6) is -1.19. The lowest BCUT2D eigenvalue weighted by Gasteiger charge is -2.20. The molecule has 9 nitrogen and oxygen atoms in total. The number of halogens is 1. The van der Waals surface area contributed by atoms with Crippen LogP contribution in [0, 0.1) is 12.7 Å². The molecule has 10 heteroatoms. The van der Waals surface area contributed by atoms with Gasteiger partial charge in [-0.2, -0.15) is 0 Å². The average molecular weight is 559 g/mol. The van der Waals surface area contributed by atoms with Crippen LogP contribution in [0.4, 0.5) is 15.8 Å². The monoisotopic (exact) mass is 558 g/mol. The number of benzene rings is 2. The van der Waals surface area contributed by atoms with Crippen LogP contribution in [0.3, 0.4) is 0 Å². The Morgan fingerprint density at radius 2 is 1.95 bits per heavy atom. The lowest BCUT2D eigenvalue weighted by Crippen LogP contribution is -2.31. The summed E-state index contributed by atoms with van der Waals surface area (Å²) >= 11 is 0. The maximum Gasteiger partial charge on any atom is 0.354 e. The van der Waals surface area contributed by atoms with Crippen molar-refractivity contribution in [2.24, 2.45) is 0 Å². The first kappa shape index (κ1) is 28.3. The van der Waals surface area contributed by atoms with Crippen LogP contribution in [-0.2, 0) is 17.8 Å². The number of likely N-dealkylation sites (N-methyl/N-ethyl adjacent to an activating group) is 1. The second-order valence-corrected chi connectivity index (χ2v) is 10.7. The topological polar surface area (TPSA) is 103 Å². The van der Waals surface area contributed by atoms with Crippen molar-refractivity contribution in [3.63, 3.8) is 0 Å². The van der Waals surface area contributed by atoms with Gasteiger partial charge in [-0.05, 0) is 75.0 Å². The fourth-order valence-electron chi connectivity index (χ4n) is 5.11. The number of nitrogens with zero attached hydrogens (tertiary/aromatic N) is 3. The van der Waals surface area contributed by atoms with Gasteiger partial charge in [-0.15, -0.1) is 0 Å². The highest BCUT2D eigenvalue weighted by molar-refractivity contribution is 6.04. The number of aromatic amines is 1. The fraction of sp³-hybridized carbons (Fsp3) is 0.323. The van der Waals surface area contributed by atoms with E-state index in [0.29, 0.717) is 41.7 Å². The number of hydrogen-bond acceptors (Lipinski definition) is 7. The highest BCUT2D eigenvalue weighted by Gasteiger charge is 2.24. The number of hydrogen-bond donors (Lipinski definition) is 3. The number of carbonyl (C=O) groups is 2. The SMILES string of the molecule is COC(=O)c1cc2cc(NCc3cc(NC(=O)c4ccc(CN5CCC(N(C)C)C5)c(F)c4)ccc3C)cnc2[nH]1. The van der Waals surface area contributed by atoms with Crippen molar-refractivity contribution < 1.29 is 18.7 Å². The van der Waals surface area contributed by atoms with Gasteiger partial charge in [0.2, 0.25) is 0 Å². The van der Waals surface area contributed by atoms with Crippen molar-refractivity contribution in [1.82, 2.24) is 19.8 Å². The number of fused-ring (bicyclic) bond motifs is 1. The van der Waals surface area contributed by atoms with E-state index in [-0.39, 0.29) is 17.3 Å². The second-order valence-electron chi connectivity index (χ2n) is 10.7. The molecule has 4 aromatic rings. The molecule has 41 heavy (non-hydrogen) atoms. The number of nitrogens with one attached hydrogen (secondary N) is 3. The van der Waals surface area contributed by atoms with Gasteiger partial charge in [0.05, 0.1) is 19.0 Å². The number of amides is 1. The maximum absolute atomic E-state index is 14.9. The Balaban J connectivity index is 1.21. The molecule has 1 atom stereocenters. The molecule has 0 saturated carbocycles. The number of rotatable bonds is 9. The van der Waals surface area contributed by atoms with E-state index in [4.69, 9.17) is 4.74 Å². The van der Waals surface area contributed by atoms with E-state index in [9.17, 15) is 14.0 Å². The van der Waals surface area contributed by atoms with E-state index in [0.717, 1.165) is 41.7 Å². The zero-order chi connectivity index (χ0) is 29.1. The van der Waals surface area contributed by atoms with Crippen LogP contribution in [0.15, 0.2) is 54.7 Å². The Morgan fingerprint density at radius 3 is 2.68 bits per heavy atom. The lowest BCUT2D eigenvalue weighted by atomic mass is 10.1. The number of carbonyl (C=O) groups excluding carboxylic acids is 2. The van der Waals surface area contributed by atoms with Crippen molar-refractivity contribution >= 4 is 34.3 Å². The molecular weight excluding hydrogens is 523 g/mol. The summed E-state index contributed by atoms with van der Waals surface area (Å²) in [6, 6.07) is 14.5. The molecule has 3 heterocycles. The third kappa shape index (κ3) is 6.55. The Hall–Kier alpha value is -4.28. The van der Waals surface area contributed by atoms with Crippen molar-refractivity contribution in [3.8, 4) is 0 Å². The Bertz CT molecular complexity index is 1580. The minimum atomic E-state index is -0.453. The molecule has 0 spiro atoms. The van der Waals surface area contributed by atoms with E-state index in [2.05, 4.69) is 44.5 Å². The number of aromatic nitrogens is 2. The molecule has 0 aliphatic carbocycles. The number of esters is 1. The maximum atomic E-state index is 14.9. The molecule has 1 saturated heterocycles. The standard InChI is InChI=1S/C31H35FN6O3/c1-19-5-8-24(12-23(19)15-33-25-11-22-14-28(31(40)41-4)36-29(22)34-16-25)35-30(39)20-6-7-21(27(32)13-20)17-38-10-9-26(18-38)37(2)3/h5-8,11-14,16,26,33H,9-10,15,17-18H2,1-4H3,(H,34,36)(H,35,39). The summed E-state index contributed by atoms with van der Waals surface area (Å²) in [5, 5.41) is 7.03. The normalized spacial score (nSPS) is 15.4. The minimum absolute atomic E-state index is 0.274.